The van der Waals surface area contributed by atoms with E-state index in [1.54, 1.807) is 6.07 Å². The van der Waals surface area contributed by atoms with E-state index in [2.05, 4.69) is 38.4 Å². The fourth-order valence-corrected chi connectivity index (χ4v) is 1.79. The molecule has 0 fully saturated rings. The van der Waals surface area contributed by atoms with Crippen molar-refractivity contribution >= 4 is 27.7 Å². The van der Waals surface area contributed by atoms with Gasteiger partial charge in [0, 0.05) is 16.1 Å². The van der Waals surface area contributed by atoms with Crippen LogP contribution in [0.5, 0.6) is 0 Å². The summed E-state index contributed by atoms with van der Waals surface area (Å²) in [4.78, 5) is 15.4. The first-order chi connectivity index (χ1) is 8.69. The summed E-state index contributed by atoms with van der Waals surface area (Å²) in [6.07, 6.45) is 0. The molecule has 5 heteroatoms. The molecule has 0 saturated heterocycles. The summed E-state index contributed by atoms with van der Waals surface area (Å²) in [6, 6.07) is 15.0. The van der Waals surface area contributed by atoms with Gasteiger partial charge in [0.25, 0.3) is 0 Å². The zero-order chi connectivity index (χ0) is 13.0. The number of nitrogens with zero attached hydrogens (tertiary/aromatic N) is 1. The van der Waals surface area contributed by atoms with Crippen molar-refractivity contribution in [2.75, 3.05) is 11.9 Å². The minimum Gasteiger partial charge on any atom is -0.322 e. The van der Waals surface area contributed by atoms with Crippen LogP contribution in [-0.2, 0) is 4.79 Å². The first-order valence-electron chi connectivity index (χ1n) is 5.25. The maximum atomic E-state index is 11.2. The second-order valence-electron chi connectivity index (χ2n) is 3.52. The standard InChI is InChI=1S/C13H10BrN3O/c14-10-4-1-3-9(7-10)11-5-2-6-12(16-11)17-13(18)8-15/h1,3-5,7H,8,15H2,(H,16,17,18). The largest absolute Gasteiger partial charge is 0.322 e. The third kappa shape index (κ3) is 3.06. The van der Waals surface area contributed by atoms with Gasteiger partial charge in [0.1, 0.15) is 0 Å². The van der Waals surface area contributed by atoms with E-state index in [1.807, 2.05) is 24.3 Å². The number of hydrogen-bond acceptors (Lipinski definition) is 3. The van der Waals surface area contributed by atoms with Gasteiger partial charge in [0.15, 0.2) is 5.82 Å². The lowest BCUT2D eigenvalue weighted by Gasteiger charge is -2.03. The fraction of sp³-hybridized carbons (Fsp3) is 0.0769. The van der Waals surface area contributed by atoms with Gasteiger partial charge in [-0.15, -0.1) is 0 Å². The van der Waals surface area contributed by atoms with Crippen molar-refractivity contribution in [1.29, 1.82) is 0 Å². The predicted molar refractivity (Wildman–Crippen MR) is 72.7 cm³/mol. The number of benzene rings is 1. The molecule has 0 aliphatic heterocycles. The molecule has 0 aliphatic rings. The van der Waals surface area contributed by atoms with Crippen molar-refractivity contribution < 1.29 is 4.79 Å². The first-order valence-corrected chi connectivity index (χ1v) is 6.04. The lowest BCUT2D eigenvalue weighted by Crippen LogP contribution is -2.22. The van der Waals surface area contributed by atoms with Gasteiger partial charge in [-0.2, -0.15) is 0 Å². The first kappa shape index (κ1) is 12.6. The lowest BCUT2D eigenvalue weighted by atomic mass is 10.1. The summed E-state index contributed by atoms with van der Waals surface area (Å²) in [5.41, 5.74) is 6.86. The van der Waals surface area contributed by atoms with E-state index in [4.69, 9.17) is 5.73 Å². The SMILES string of the molecule is NCC(=O)Nc1c#ccc(-c2cccc(Br)c2)n1. The van der Waals surface area contributed by atoms with Gasteiger partial charge in [0.2, 0.25) is 5.91 Å². The van der Waals surface area contributed by atoms with Crippen LogP contribution in [0.1, 0.15) is 0 Å². The molecule has 0 saturated carbocycles. The van der Waals surface area contributed by atoms with E-state index in [0.717, 1.165) is 10.0 Å². The molecule has 2 aromatic rings. The molecule has 2 rings (SSSR count). The van der Waals surface area contributed by atoms with Crippen molar-refractivity contribution in [3.8, 4) is 11.3 Å². The van der Waals surface area contributed by atoms with E-state index in [9.17, 15) is 4.79 Å². The Morgan fingerprint density at radius 3 is 3.06 bits per heavy atom. The maximum absolute atomic E-state index is 11.2. The topological polar surface area (TPSA) is 68.0 Å². The highest BCUT2D eigenvalue weighted by Crippen LogP contribution is 2.21. The Kier molecular flexibility index (Phi) is 3.92. The predicted octanol–water partition coefficient (Wildman–Crippen LogP) is 2.01. The number of anilines is 1. The molecule has 0 aliphatic carbocycles. The molecule has 1 aromatic carbocycles. The Labute approximate surface area is 113 Å². The summed E-state index contributed by atoms with van der Waals surface area (Å²) in [5.74, 6) is 0.0152. The highest BCUT2D eigenvalue weighted by Gasteiger charge is 2.03. The molecule has 0 atom stereocenters. The quantitative estimate of drug-likeness (QED) is 0.911. The fourth-order valence-electron chi connectivity index (χ4n) is 1.39. The lowest BCUT2D eigenvalue weighted by molar-refractivity contribution is -0.114. The van der Waals surface area contributed by atoms with Crippen molar-refractivity contribution in [3.63, 3.8) is 0 Å². The van der Waals surface area contributed by atoms with Crippen LogP contribution in [0.15, 0.2) is 34.8 Å². The number of hydrogen-bond donors (Lipinski definition) is 2. The molecule has 3 N–H and O–H groups in total. The molecule has 0 radical (unpaired) electrons. The Morgan fingerprint density at radius 1 is 1.50 bits per heavy atom. The molecule has 4 nitrogen and oxygen atoms in total. The van der Waals surface area contributed by atoms with E-state index in [0.29, 0.717) is 11.5 Å². The Bertz CT molecular complexity index is 572. The second kappa shape index (κ2) is 5.63. The van der Waals surface area contributed by atoms with E-state index in [-0.39, 0.29) is 12.5 Å². The number of carbonyl (C=O) groups excluding carboxylic acids is 1. The number of carbonyl (C=O) groups is 1. The van der Waals surface area contributed by atoms with Crippen LogP contribution in [0.3, 0.4) is 0 Å². The zero-order valence-corrected chi connectivity index (χ0v) is 11.0. The third-order valence-corrected chi connectivity index (χ3v) is 2.69. The van der Waals surface area contributed by atoms with Crippen LogP contribution in [0.2, 0.25) is 0 Å². The highest BCUT2D eigenvalue weighted by molar-refractivity contribution is 9.10. The normalized spacial score (nSPS) is 9.67. The third-order valence-electron chi connectivity index (χ3n) is 2.20. The van der Waals surface area contributed by atoms with Crippen molar-refractivity contribution in [2.24, 2.45) is 5.73 Å². The van der Waals surface area contributed by atoms with Gasteiger partial charge in [-0.1, -0.05) is 34.1 Å². The molecule has 1 heterocycles. The van der Waals surface area contributed by atoms with Gasteiger partial charge in [-0.25, -0.2) is 4.98 Å². The molecule has 18 heavy (non-hydrogen) atoms. The molecule has 0 unspecified atom stereocenters. The monoisotopic (exact) mass is 303 g/mol. The maximum Gasteiger partial charge on any atom is 0.239 e. The van der Waals surface area contributed by atoms with Gasteiger partial charge in [-0.3, -0.25) is 4.79 Å². The van der Waals surface area contributed by atoms with Gasteiger partial charge >= 0.3 is 0 Å². The Balaban J connectivity index is 2.29. The average molecular weight is 304 g/mol. The molecule has 1 amide bonds. The Hall–Kier alpha value is -1.90. The van der Waals surface area contributed by atoms with Crippen LogP contribution in [0.4, 0.5) is 5.82 Å². The second-order valence-corrected chi connectivity index (χ2v) is 4.44. The number of aromatic nitrogens is 1. The van der Waals surface area contributed by atoms with Crippen LogP contribution >= 0.6 is 15.9 Å². The molecule has 90 valence electrons. The van der Waals surface area contributed by atoms with Gasteiger partial charge in [0.05, 0.1) is 12.2 Å². The summed E-state index contributed by atoms with van der Waals surface area (Å²) in [7, 11) is 0. The number of amides is 1. The zero-order valence-electron chi connectivity index (χ0n) is 9.40. The Morgan fingerprint density at radius 2 is 2.33 bits per heavy atom. The number of nitrogens with two attached hydrogens (primary N) is 1. The van der Waals surface area contributed by atoms with Crippen LogP contribution in [0.25, 0.3) is 11.3 Å². The number of nitrogens with one attached hydrogen (secondary N) is 1. The van der Waals surface area contributed by atoms with Crippen molar-refractivity contribution in [1.82, 2.24) is 4.98 Å². The van der Waals surface area contributed by atoms with E-state index < -0.39 is 0 Å². The van der Waals surface area contributed by atoms with Crippen LogP contribution in [-0.4, -0.2) is 17.4 Å². The van der Waals surface area contributed by atoms with Crippen LogP contribution < -0.4 is 11.1 Å². The van der Waals surface area contributed by atoms with Gasteiger partial charge in [-0.05, 0) is 18.2 Å². The summed E-state index contributed by atoms with van der Waals surface area (Å²) >= 11 is 3.40. The molecular formula is C13H10BrN3O. The van der Waals surface area contributed by atoms with Gasteiger partial charge < -0.3 is 11.1 Å². The minimum absolute atomic E-state index is 0.0867. The molecular weight excluding hydrogens is 294 g/mol. The smallest absolute Gasteiger partial charge is 0.239 e. The molecule has 1 aromatic heterocycles. The highest BCUT2D eigenvalue weighted by atomic mass is 79.9. The minimum atomic E-state index is -0.307. The van der Waals surface area contributed by atoms with E-state index >= 15 is 0 Å². The number of rotatable bonds is 3. The average Bonchev–Trinajstić information content (AvgIpc) is 2.39. The molecule has 0 spiro atoms. The number of halogens is 1. The van der Waals surface area contributed by atoms with E-state index in [1.165, 1.54) is 0 Å². The van der Waals surface area contributed by atoms with Crippen molar-refractivity contribution in [3.05, 3.63) is 46.9 Å². The molecule has 0 bridgehead atoms. The van der Waals surface area contributed by atoms with Crippen LogP contribution in [0, 0.1) is 12.1 Å². The summed E-state index contributed by atoms with van der Waals surface area (Å²) < 4.78 is 0.960. The van der Waals surface area contributed by atoms with Crippen molar-refractivity contribution in [2.45, 2.75) is 0 Å². The summed E-state index contributed by atoms with van der Waals surface area (Å²) in [6.45, 7) is -0.0867. The summed E-state index contributed by atoms with van der Waals surface area (Å²) in [5, 5.41) is 2.54.